The molecular weight excluding hydrogens is 408 g/mol. The average molecular weight is 437 g/mol. The van der Waals surface area contributed by atoms with Crippen LogP contribution in [0.3, 0.4) is 0 Å². The third-order valence-corrected chi connectivity index (χ3v) is 7.00. The van der Waals surface area contributed by atoms with Crippen LogP contribution in [0.15, 0.2) is 46.2 Å². The van der Waals surface area contributed by atoms with E-state index in [4.69, 9.17) is 14.6 Å². The van der Waals surface area contributed by atoms with E-state index in [1.54, 1.807) is 31.0 Å². The molecule has 1 atom stereocenters. The van der Waals surface area contributed by atoms with Crippen LogP contribution in [0.4, 0.5) is 0 Å². The van der Waals surface area contributed by atoms with Crippen molar-refractivity contribution in [1.82, 2.24) is 4.90 Å². The lowest BCUT2D eigenvalue weighted by Crippen LogP contribution is -2.32. The van der Waals surface area contributed by atoms with Crippen LogP contribution < -0.4 is 9.88 Å². The van der Waals surface area contributed by atoms with Crippen LogP contribution >= 0.6 is 11.8 Å². The normalized spacial score (nSPS) is 17.6. The number of benzene rings is 2. The molecule has 0 spiro atoms. The van der Waals surface area contributed by atoms with E-state index in [1.807, 2.05) is 31.4 Å². The molecule has 0 aromatic heterocycles. The Kier molecular flexibility index (Phi) is 7.23. The van der Waals surface area contributed by atoms with Gasteiger partial charge in [-0.2, -0.15) is 0 Å². The third-order valence-electron chi connectivity index (χ3n) is 5.19. The molecule has 1 heterocycles. The first kappa shape index (κ1) is 22.1. The number of nitrogens with two attached hydrogens (primary N) is 1. The molecule has 1 fully saturated rings. The van der Waals surface area contributed by atoms with Gasteiger partial charge in [0.25, 0.3) is 0 Å². The van der Waals surface area contributed by atoms with E-state index in [2.05, 4.69) is 4.90 Å². The van der Waals surface area contributed by atoms with Gasteiger partial charge in [0.2, 0.25) is 10.0 Å². The fourth-order valence-corrected chi connectivity index (χ4v) is 4.85. The van der Waals surface area contributed by atoms with E-state index >= 15 is 0 Å². The van der Waals surface area contributed by atoms with Crippen molar-refractivity contribution in [1.29, 1.82) is 0 Å². The van der Waals surface area contributed by atoms with Crippen molar-refractivity contribution < 1.29 is 17.9 Å². The van der Waals surface area contributed by atoms with Gasteiger partial charge in [-0.15, -0.1) is 11.8 Å². The number of likely N-dealkylation sites (tertiary alicyclic amines) is 1. The smallest absolute Gasteiger partial charge is 0.238 e. The predicted molar refractivity (Wildman–Crippen MR) is 116 cm³/mol. The van der Waals surface area contributed by atoms with Crippen molar-refractivity contribution in [3.63, 3.8) is 0 Å². The number of sulfonamides is 1. The summed E-state index contributed by atoms with van der Waals surface area (Å²) in [5.41, 5.74) is 1.93. The SMILES string of the molecule is COC[C@H]1CCCN1Cc1cc(S(N)(=O)=O)ccc1Oc1ccc(SC)c(C)c1. The summed E-state index contributed by atoms with van der Waals surface area (Å²) in [5.74, 6) is 1.36. The second-order valence-corrected chi connectivity index (χ2v) is 9.68. The first-order chi connectivity index (χ1) is 13.8. The van der Waals surface area contributed by atoms with Crippen LogP contribution in [0.2, 0.25) is 0 Å². The van der Waals surface area contributed by atoms with Gasteiger partial charge < -0.3 is 9.47 Å². The minimum atomic E-state index is -3.79. The van der Waals surface area contributed by atoms with E-state index in [1.165, 1.54) is 11.0 Å². The average Bonchev–Trinajstić information content (AvgIpc) is 3.09. The van der Waals surface area contributed by atoms with E-state index in [0.717, 1.165) is 36.3 Å². The molecule has 0 unspecified atom stereocenters. The minimum Gasteiger partial charge on any atom is -0.457 e. The van der Waals surface area contributed by atoms with Crippen molar-refractivity contribution in [3.8, 4) is 11.5 Å². The molecule has 1 saturated heterocycles. The number of primary sulfonamides is 1. The van der Waals surface area contributed by atoms with Crippen LogP contribution in [0.1, 0.15) is 24.0 Å². The van der Waals surface area contributed by atoms with Crippen LogP contribution in [-0.2, 0) is 21.3 Å². The molecule has 2 aromatic carbocycles. The Morgan fingerprint density at radius 3 is 2.69 bits per heavy atom. The molecule has 29 heavy (non-hydrogen) atoms. The molecule has 3 rings (SSSR count). The Morgan fingerprint density at radius 2 is 2.03 bits per heavy atom. The summed E-state index contributed by atoms with van der Waals surface area (Å²) < 4.78 is 35.3. The minimum absolute atomic E-state index is 0.0937. The summed E-state index contributed by atoms with van der Waals surface area (Å²) in [4.78, 5) is 3.60. The van der Waals surface area contributed by atoms with Crippen molar-refractivity contribution in [2.45, 2.75) is 42.1 Å². The van der Waals surface area contributed by atoms with Gasteiger partial charge >= 0.3 is 0 Å². The Hall–Kier alpha value is -1.58. The zero-order valence-electron chi connectivity index (χ0n) is 17.1. The number of thioether (sulfide) groups is 1. The lowest BCUT2D eigenvalue weighted by atomic mass is 10.1. The molecule has 1 aliphatic heterocycles. The van der Waals surface area contributed by atoms with Crippen molar-refractivity contribution in [3.05, 3.63) is 47.5 Å². The summed E-state index contributed by atoms with van der Waals surface area (Å²) >= 11 is 1.69. The van der Waals surface area contributed by atoms with Crippen molar-refractivity contribution in [2.24, 2.45) is 5.14 Å². The Morgan fingerprint density at radius 1 is 1.24 bits per heavy atom. The molecule has 0 bridgehead atoms. The highest BCUT2D eigenvalue weighted by Gasteiger charge is 2.26. The number of hydrogen-bond acceptors (Lipinski definition) is 6. The quantitative estimate of drug-likeness (QED) is 0.635. The van der Waals surface area contributed by atoms with Crippen molar-refractivity contribution >= 4 is 21.8 Å². The van der Waals surface area contributed by atoms with E-state index in [-0.39, 0.29) is 4.90 Å². The number of rotatable bonds is 8. The maximum atomic E-state index is 11.9. The molecule has 2 N–H and O–H groups in total. The van der Waals surface area contributed by atoms with Gasteiger partial charge in [-0.25, -0.2) is 13.6 Å². The highest BCUT2D eigenvalue weighted by atomic mass is 32.2. The van der Waals surface area contributed by atoms with Gasteiger partial charge in [0.15, 0.2) is 0 Å². The molecule has 158 valence electrons. The number of aryl methyl sites for hydroxylation is 1. The fraction of sp³-hybridized carbons (Fsp3) is 0.429. The fourth-order valence-electron chi connectivity index (χ4n) is 3.70. The van der Waals surface area contributed by atoms with Crippen LogP contribution in [0.5, 0.6) is 11.5 Å². The van der Waals surface area contributed by atoms with Gasteiger partial charge in [-0.1, -0.05) is 0 Å². The lowest BCUT2D eigenvalue weighted by molar-refractivity contribution is 0.111. The maximum Gasteiger partial charge on any atom is 0.238 e. The van der Waals surface area contributed by atoms with Gasteiger partial charge in [0, 0.05) is 30.2 Å². The molecule has 6 nitrogen and oxygen atoms in total. The summed E-state index contributed by atoms with van der Waals surface area (Å²) in [5, 5.41) is 5.36. The molecule has 8 heteroatoms. The van der Waals surface area contributed by atoms with Crippen molar-refractivity contribution in [2.75, 3.05) is 26.5 Å². The van der Waals surface area contributed by atoms with Gasteiger partial charge in [-0.05, 0) is 74.5 Å². The molecule has 2 aromatic rings. The largest absolute Gasteiger partial charge is 0.457 e. The summed E-state index contributed by atoms with van der Waals surface area (Å²) in [7, 11) is -2.09. The predicted octanol–water partition coefficient (Wildman–Crippen LogP) is 3.77. The van der Waals surface area contributed by atoms with Gasteiger partial charge in [0.1, 0.15) is 11.5 Å². The van der Waals surface area contributed by atoms with E-state index in [9.17, 15) is 8.42 Å². The molecule has 0 saturated carbocycles. The molecule has 0 radical (unpaired) electrons. The second kappa shape index (κ2) is 9.49. The Balaban J connectivity index is 1.92. The summed E-state index contributed by atoms with van der Waals surface area (Å²) in [6, 6.07) is 11.1. The standard InChI is InChI=1S/C21H28N2O4S2/c1-15-11-18(6-9-21(15)28-3)27-20-8-7-19(29(22,24)25)12-16(20)13-23-10-4-5-17(23)14-26-2/h6-9,11-12,17H,4-5,10,13-14H2,1-3H3,(H2,22,24,25)/t17-/m1/s1. The number of nitrogens with zero attached hydrogens (tertiary/aromatic N) is 1. The Bertz CT molecular complexity index is 963. The second-order valence-electron chi connectivity index (χ2n) is 7.27. The summed E-state index contributed by atoms with van der Waals surface area (Å²) in [6.07, 6.45) is 4.20. The van der Waals surface area contributed by atoms with E-state index in [0.29, 0.717) is 24.9 Å². The van der Waals surface area contributed by atoms with Gasteiger partial charge in [-0.3, -0.25) is 4.90 Å². The molecule has 0 amide bonds. The Labute approximate surface area is 177 Å². The highest BCUT2D eigenvalue weighted by molar-refractivity contribution is 7.98. The van der Waals surface area contributed by atoms with Gasteiger partial charge in [0.05, 0.1) is 11.5 Å². The first-order valence-corrected chi connectivity index (χ1v) is 12.3. The molecule has 0 aliphatic carbocycles. The van der Waals surface area contributed by atoms with Crippen LogP contribution in [0, 0.1) is 6.92 Å². The third kappa shape index (κ3) is 5.52. The van der Waals surface area contributed by atoms with Crippen LogP contribution in [-0.4, -0.2) is 45.9 Å². The zero-order valence-corrected chi connectivity index (χ0v) is 18.7. The molecule has 1 aliphatic rings. The van der Waals surface area contributed by atoms with Crippen LogP contribution in [0.25, 0.3) is 0 Å². The lowest BCUT2D eigenvalue weighted by Gasteiger charge is -2.25. The number of hydrogen-bond donors (Lipinski definition) is 1. The zero-order chi connectivity index (χ0) is 21.0. The number of ether oxygens (including phenoxy) is 2. The monoisotopic (exact) mass is 436 g/mol. The maximum absolute atomic E-state index is 11.9. The number of methoxy groups -OCH3 is 1. The summed E-state index contributed by atoms with van der Waals surface area (Å²) in [6.45, 7) is 4.22. The molecular formula is C21H28N2O4S2. The highest BCUT2D eigenvalue weighted by Crippen LogP contribution is 2.32. The van der Waals surface area contributed by atoms with E-state index < -0.39 is 10.0 Å². The first-order valence-electron chi connectivity index (χ1n) is 9.53. The topological polar surface area (TPSA) is 81.9 Å².